The largest absolute Gasteiger partial charge is 0.326 e. The van der Waals surface area contributed by atoms with Crippen molar-refractivity contribution in [1.82, 2.24) is 9.78 Å². The van der Waals surface area contributed by atoms with Crippen molar-refractivity contribution in [3.63, 3.8) is 0 Å². The van der Waals surface area contributed by atoms with Crippen LogP contribution in [-0.4, -0.2) is 9.78 Å². The SMILES string of the molecule is CCCCc1c[c]n(-c2cc(Cl)ccc2CN)n1. The Morgan fingerprint density at radius 2 is 2.28 bits per heavy atom. The summed E-state index contributed by atoms with van der Waals surface area (Å²) < 4.78 is 1.74. The number of aryl methyl sites for hydroxylation is 1. The molecule has 0 aliphatic carbocycles. The molecule has 1 radical (unpaired) electrons. The first-order chi connectivity index (χ1) is 8.74. The topological polar surface area (TPSA) is 43.8 Å². The summed E-state index contributed by atoms with van der Waals surface area (Å²) in [5.41, 5.74) is 8.71. The van der Waals surface area contributed by atoms with Gasteiger partial charge in [0, 0.05) is 11.6 Å². The molecule has 95 valence electrons. The van der Waals surface area contributed by atoms with Crippen LogP contribution in [0, 0.1) is 6.20 Å². The van der Waals surface area contributed by atoms with Crippen LogP contribution in [0.4, 0.5) is 0 Å². The van der Waals surface area contributed by atoms with E-state index in [4.69, 9.17) is 17.3 Å². The van der Waals surface area contributed by atoms with Crippen LogP contribution in [0.2, 0.25) is 5.02 Å². The lowest BCUT2D eigenvalue weighted by molar-refractivity contribution is 0.748. The molecule has 1 aromatic carbocycles. The summed E-state index contributed by atoms with van der Waals surface area (Å²) in [5.74, 6) is 0. The molecule has 0 fully saturated rings. The predicted molar refractivity (Wildman–Crippen MR) is 73.9 cm³/mol. The highest BCUT2D eigenvalue weighted by Gasteiger charge is 2.07. The van der Waals surface area contributed by atoms with Gasteiger partial charge < -0.3 is 5.73 Å². The van der Waals surface area contributed by atoms with Crippen molar-refractivity contribution in [3.8, 4) is 5.69 Å². The number of nitrogens with two attached hydrogens (primary N) is 1. The summed E-state index contributed by atoms with van der Waals surface area (Å²) in [6, 6.07) is 7.57. The summed E-state index contributed by atoms with van der Waals surface area (Å²) in [5, 5.41) is 5.20. The molecule has 0 bridgehead atoms. The van der Waals surface area contributed by atoms with Crippen LogP contribution in [0.3, 0.4) is 0 Å². The number of halogens is 1. The summed E-state index contributed by atoms with van der Waals surface area (Å²) in [6.07, 6.45) is 6.42. The fourth-order valence-corrected chi connectivity index (χ4v) is 2.00. The number of rotatable bonds is 5. The average Bonchev–Trinajstić information content (AvgIpc) is 2.85. The molecule has 2 rings (SSSR count). The summed E-state index contributed by atoms with van der Waals surface area (Å²) in [7, 11) is 0. The Hall–Kier alpha value is -1.32. The third-order valence-corrected chi connectivity index (χ3v) is 3.10. The van der Waals surface area contributed by atoms with E-state index < -0.39 is 0 Å². The molecule has 0 unspecified atom stereocenters. The molecular formula is C14H17ClN3. The number of unbranched alkanes of at least 4 members (excludes halogenated alkanes) is 1. The maximum Gasteiger partial charge on any atom is 0.0929 e. The van der Waals surface area contributed by atoms with Crippen LogP contribution in [0.15, 0.2) is 24.3 Å². The Morgan fingerprint density at radius 3 is 3.00 bits per heavy atom. The minimum absolute atomic E-state index is 0.463. The summed E-state index contributed by atoms with van der Waals surface area (Å²) >= 11 is 6.02. The zero-order valence-corrected chi connectivity index (χ0v) is 11.2. The second kappa shape index (κ2) is 6.03. The first-order valence-corrected chi connectivity index (χ1v) is 6.58. The Kier molecular flexibility index (Phi) is 4.39. The van der Waals surface area contributed by atoms with Gasteiger partial charge in [-0.05, 0) is 36.6 Å². The van der Waals surface area contributed by atoms with Crippen molar-refractivity contribution in [3.05, 3.63) is 46.7 Å². The zero-order chi connectivity index (χ0) is 13.0. The van der Waals surface area contributed by atoms with Crippen molar-refractivity contribution in [2.75, 3.05) is 0 Å². The zero-order valence-electron chi connectivity index (χ0n) is 10.5. The van der Waals surface area contributed by atoms with Gasteiger partial charge in [-0.3, -0.25) is 0 Å². The third-order valence-electron chi connectivity index (χ3n) is 2.86. The lowest BCUT2D eigenvalue weighted by Crippen LogP contribution is -2.05. The maximum atomic E-state index is 6.02. The molecule has 0 atom stereocenters. The molecule has 4 heteroatoms. The summed E-state index contributed by atoms with van der Waals surface area (Å²) in [6.45, 7) is 2.63. The van der Waals surface area contributed by atoms with Crippen molar-refractivity contribution in [2.24, 2.45) is 5.73 Å². The second-order valence-electron chi connectivity index (χ2n) is 4.26. The molecule has 1 aromatic heterocycles. The molecule has 3 nitrogen and oxygen atoms in total. The van der Waals surface area contributed by atoms with Crippen LogP contribution in [0.25, 0.3) is 5.69 Å². The first-order valence-electron chi connectivity index (χ1n) is 6.20. The normalized spacial score (nSPS) is 10.8. The Labute approximate surface area is 113 Å². The number of hydrogen-bond donors (Lipinski definition) is 1. The van der Waals surface area contributed by atoms with E-state index in [2.05, 4.69) is 18.2 Å². The Morgan fingerprint density at radius 1 is 1.44 bits per heavy atom. The fourth-order valence-electron chi connectivity index (χ4n) is 1.83. The van der Waals surface area contributed by atoms with Gasteiger partial charge in [0.2, 0.25) is 0 Å². The van der Waals surface area contributed by atoms with Gasteiger partial charge in [0.15, 0.2) is 0 Å². The molecule has 0 spiro atoms. The maximum absolute atomic E-state index is 6.02. The van der Waals surface area contributed by atoms with Gasteiger partial charge in [-0.1, -0.05) is 31.0 Å². The average molecular weight is 263 g/mol. The molecule has 2 aromatic rings. The molecular weight excluding hydrogens is 246 g/mol. The standard InChI is InChI=1S/C14H17ClN3/c1-2-3-4-13-7-8-18(17-13)14-9-12(15)6-5-11(14)10-16/h5-7,9H,2-4,10,16H2,1H3. The van der Waals surface area contributed by atoms with Crippen LogP contribution in [0.1, 0.15) is 31.0 Å². The number of nitrogens with zero attached hydrogens (tertiary/aromatic N) is 2. The molecule has 18 heavy (non-hydrogen) atoms. The highest BCUT2D eigenvalue weighted by molar-refractivity contribution is 6.30. The van der Waals surface area contributed by atoms with Gasteiger partial charge in [0.05, 0.1) is 17.6 Å². The Balaban J connectivity index is 2.30. The van der Waals surface area contributed by atoms with E-state index in [0.29, 0.717) is 11.6 Å². The lowest BCUT2D eigenvalue weighted by Gasteiger charge is -2.07. The van der Waals surface area contributed by atoms with Gasteiger partial charge >= 0.3 is 0 Å². The highest BCUT2D eigenvalue weighted by atomic mass is 35.5. The van der Waals surface area contributed by atoms with E-state index in [1.807, 2.05) is 24.3 Å². The number of aromatic nitrogens is 2. The molecule has 1 heterocycles. The molecule has 0 saturated heterocycles. The van der Waals surface area contributed by atoms with Gasteiger partial charge in [-0.15, -0.1) is 0 Å². The predicted octanol–water partition coefficient (Wildman–Crippen LogP) is 3.13. The first kappa shape index (κ1) is 13.1. The second-order valence-corrected chi connectivity index (χ2v) is 4.69. The highest BCUT2D eigenvalue weighted by Crippen LogP contribution is 2.19. The third kappa shape index (κ3) is 2.92. The van der Waals surface area contributed by atoms with Crippen LogP contribution in [0.5, 0.6) is 0 Å². The van der Waals surface area contributed by atoms with Crippen molar-refractivity contribution in [2.45, 2.75) is 32.7 Å². The van der Waals surface area contributed by atoms with Gasteiger partial charge in [0.25, 0.3) is 0 Å². The van der Waals surface area contributed by atoms with E-state index in [9.17, 15) is 0 Å². The molecule has 2 N–H and O–H groups in total. The summed E-state index contributed by atoms with van der Waals surface area (Å²) in [4.78, 5) is 0. The monoisotopic (exact) mass is 262 g/mol. The lowest BCUT2D eigenvalue weighted by atomic mass is 10.2. The van der Waals surface area contributed by atoms with Crippen molar-refractivity contribution in [1.29, 1.82) is 0 Å². The molecule has 0 amide bonds. The molecule has 0 saturated carbocycles. The minimum atomic E-state index is 0.463. The van der Waals surface area contributed by atoms with E-state index in [1.165, 1.54) is 0 Å². The van der Waals surface area contributed by atoms with E-state index in [1.54, 1.807) is 4.68 Å². The van der Waals surface area contributed by atoms with Crippen molar-refractivity contribution < 1.29 is 0 Å². The van der Waals surface area contributed by atoms with Gasteiger partial charge in [-0.25, -0.2) is 4.68 Å². The van der Waals surface area contributed by atoms with Crippen molar-refractivity contribution >= 4 is 11.6 Å². The van der Waals surface area contributed by atoms with Crippen LogP contribution < -0.4 is 5.73 Å². The van der Waals surface area contributed by atoms with Gasteiger partial charge in [-0.2, -0.15) is 5.10 Å². The number of hydrogen-bond acceptors (Lipinski definition) is 2. The molecule has 0 aliphatic rings. The fraction of sp³-hybridized carbons (Fsp3) is 0.357. The quantitative estimate of drug-likeness (QED) is 0.900. The van der Waals surface area contributed by atoms with E-state index >= 15 is 0 Å². The smallest absolute Gasteiger partial charge is 0.0929 e. The molecule has 0 aliphatic heterocycles. The minimum Gasteiger partial charge on any atom is -0.326 e. The van der Waals surface area contributed by atoms with E-state index in [-0.39, 0.29) is 0 Å². The van der Waals surface area contributed by atoms with Crippen LogP contribution >= 0.6 is 11.6 Å². The number of benzene rings is 1. The Bertz CT molecular complexity index is 520. The van der Waals surface area contributed by atoms with E-state index in [0.717, 1.165) is 36.2 Å². The van der Waals surface area contributed by atoms with Crippen LogP contribution in [-0.2, 0) is 13.0 Å². The van der Waals surface area contributed by atoms with Gasteiger partial charge in [0.1, 0.15) is 0 Å².